The van der Waals surface area contributed by atoms with Crippen molar-refractivity contribution < 1.29 is 13.7 Å². The van der Waals surface area contributed by atoms with Crippen molar-refractivity contribution in [1.82, 2.24) is 15.5 Å². The molecule has 3 heterocycles. The van der Waals surface area contributed by atoms with Crippen LogP contribution in [0.5, 0.6) is 0 Å². The molecule has 1 amide bonds. The molecule has 0 saturated carbocycles. The van der Waals surface area contributed by atoms with Gasteiger partial charge in [0.2, 0.25) is 0 Å². The highest BCUT2D eigenvalue weighted by atomic mass is 32.1. The van der Waals surface area contributed by atoms with E-state index in [0.29, 0.717) is 29.1 Å². The SMILES string of the molecule is Cc1ccc(-c2nc(-c3noc4ccc(C(=O)NCc5ccc(C)o5)cc34)cs2)cc1. The third kappa shape index (κ3) is 3.87. The highest BCUT2D eigenvalue weighted by molar-refractivity contribution is 7.13. The summed E-state index contributed by atoms with van der Waals surface area (Å²) in [6.45, 7) is 4.25. The van der Waals surface area contributed by atoms with Gasteiger partial charge in [0.05, 0.1) is 11.9 Å². The number of hydrogen-bond acceptors (Lipinski definition) is 6. The first-order chi connectivity index (χ1) is 15.1. The number of aromatic nitrogens is 2. The Bertz CT molecular complexity index is 1380. The molecule has 3 aromatic heterocycles. The molecule has 154 valence electrons. The highest BCUT2D eigenvalue weighted by Crippen LogP contribution is 2.33. The summed E-state index contributed by atoms with van der Waals surface area (Å²) >= 11 is 1.55. The van der Waals surface area contributed by atoms with Crippen molar-refractivity contribution in [2.75, 3.05) is 0 Å². The number of nitrogens with one attached hydrogen (secondary N) is 1. The van der Waals surface area contributed by atoms with Gasteiger partial charge < -0.3 is 14.3 Å². The zero-order valence-corrected chi connectivity index (χ0v) is 17.8. The predicted molar refractivity (Wildman–Crippen MR) is 120 cm³/mol. The second-order valence-corrected chi connectivity index (χ2v) is 8.20. The molecule has 0 atom stereocenters. The Morgan fingerprint density at radius 3 is 2.68 bits per heavy atom. The molecule has 0 unspecified atom stereocenters. The maximum atomic E-state index is 12.6. The smallest absolute Gasteiger partial charge is 0.251 e. The van der Waals surface area contributed by atoms with E-state index in [2.05, 4.69) is 41.7 Å². The summed E-state index contributed by atoms with van der Waals surface area (Å²) in [6.07, 6.45) is 0. The van der Waals surface area contributed by atoms with E-state index in [1.54, 1.807) is 29.5 Å². The Morgan fingerprint density at radius 1 is 1.06 bits per heavy atom. The van der Waals surface area contributed by atoms with Crippen LogP contribution in [0.4, 0.5) is 0 Å². The number of aryl methyl sites for hydroxylation is 2. The monoisotopic (exact) mass is 429 g/mol. The van der Waals surface area contributed by atoms with E-state index in [4.69, 9.17) is 13.9 Å². The van der Waals surface area contributed by atoms with Crippen LogP contribution in [0.2, 0.25) is 0 Å². The first kappa shape index (κ1) is 19.3. The van der Waals surface area contributed by atoms with Crippen LogP contribution < -0.4 is 5.32 Å². The lowest BCUT2D eigenvalue weighted by Crippen LogP contribution is -2.22. The van der Waals surface area contributed by atoms with Crippen LogP contribution in [0, 0.1) is 13.8 Å². The van der Waals surface area contributed by atoms with E-state index in [1.807, 2.05) is 24.4 Å². The Kier molecular flexibility index (Phi) is 4.88. The van der Waals surface area contributed by atoms with Gasteiger partial charge in [-0.3, -0.25) is 4.79 Å². The topological polar surface area (TPSA) is 81.2 Å². The molecule has 0 fully saturated rings. The van der Waals surface area contributed by atoms with E-state index in [0.717, 1.165) is 27.4 Å². The molecule has 7 heteroatoms. The highest BCUT2D eigenvalue weighted by Gasteiger charge is 2.17. The van der Waals surface area contributed by atoms with E-state index >= 15 is 0 Å². The third-order valence-corrected chi connectivity index (χ3v) is 5.89. The van der Waals surface area contributed by atoms with Gasteiger partial charge in [-0.25, -0.2) is 4.98 Å². The van der Waals surface area contributed by atoms with Crippen LogP contribution in [0.25, 0.3) is 32.9 Å². The van der Waals surface area contributed by atoms with E-state index in [1.165, 1.54) is 5.56 Å². The summed E-state index contributed by atoms with van der Waals surface area (Å²) in [6, 6.07) is 17.2. The minimum absolute atomic E-state index is 0.193. The summed E-state index contributed by atoms with van der Waals surface area (Å²) in [5.74, 6) is 1.33. The van der Waals surface area contributed by atoms with Gasteiger partial charge in [-0.05, 0) is 44.2 Å². The molecule has 0 radical (unpaired) electrons. The largest absolute Gasteiger partial charge is 0.465 e. The van der Waals surface area contributed by atoms with Crippen molar-refractivity contribution in [1.29, 1.82) is 0 Å². The Labute approximate surface area is 182 Å². The standard InChI is InChI=1S/C24H19N3O3S/c1-14-3-6-16(7-4-14)24-26-20(13-31-24)22-19-11-17(8-10-21(19)30-27-22)23(28)25-12-18-9-5-15(2)29-18/h3-11,13H,12H2,1-2H3,(H,25,28). The van der Waals surface area contributed by atoms with Gasteiger partial charge in [0.1, 0.15) is 27.9 Å². The molecule has 0 bridgehead atoms. The van der Waals surface area contributed by atoms with Crippen LogP contribution in [0.15, 0.2) is 68.9 Å². The van der Waals surface area contributed by atoms with Gasteiger partial charge in [0, 0.05) is 16.5 Å². The van der Waals surface area contributed by atoms with Gasteiger partial charge >= 0.3 is 0 Å². The number of fused-ring (bicyclic) bond motifs is 1. The Balaban J connectivity index is 1.41. The average Bonchev–Trinajstić information content (AvgIpc) is 3.51. The number of benzene rings is 2. The first-order valence-electron chi connectivity index (χ1n) is 9.83. The van der Waals surface area contributed by atoms with E-state index < -0.39 is 0 Å². The molecule has 0 aliphatic rings. The van der Waals surface area contributed by atoms with Crippen LogP contribution in [0.3, 0.4) is 0 Å². The van der Waals surface area contributed by atoms with Gasteiger partial charge in [0.25, 0.3) is 5.91 Å². The lowest BCUT2D eigenvalue weighted by Gasteiger charge is -2.03. The predicted octanol–water partition coefficient (Wildman–Crippen LogP) is 5.76. The molecule has 5 rings (SSSR count). The van der Waals surface area contributed by atoms with Gasteiger partial charge in [-0.15, -0.1) is 11.3 Å². The Morgan fingerprint density at radius 2 is 1.90 bits per heavy atom. The zero-order valence-electron chi connectivity index (χ0n) is 17.0. The maximum Gasteiger partial charge on any atom is 0.251 e. The summed E-state index contributed by atoms with van der Waals surface area (Å²) in [5, 5.41) is 10.7. The molecular weight excluding hydrogens is 410 g/mol. The fraction of sp³-hybridized carbons (Fsp3) is 0.125. The molecule has 0 aliphatic heterocycles. The molecule has 31 heavy (non-hydrogen) atoms. The van der Waals surface area contributed by atoms with Crippen LogP contribution in [-0.2, 0) is 6.54 Å². The maximum absolute atomic E-state index is 12.6. The lowest BCUT2D eigenvalue weighted by atomic mass is 10.1. The number of furan rings is 1. The first-order valence-corrected chi connectivity index (χ1v) is 10.7. The minimum atomic E-state index is -0.193. The van der Waals surface area contributed by atoms with Crippen molar-refractivity contribution in [2.24, 2.45) is 0 Å². The summed E-state index contributed by atoms with van der Waals surface area (Å²) < 4.78 is 11.0. The van der Waals surface area contributed by atoms with Crippen molar-refractivity contribution in [3.05, 3.63) is 82.6 Å². The van der Waals surface area contributed by atoms with Gasteiger partial charge in [-0.1, -0.05) is 35.0 Å². The van der Waals surface area contributed by atoms with Crippen molar-refractivity contribution >= 4 is 28.2 Å². The van der Waals surface area contributed by atoms with Gasteiger partial charge in [-0.2, -0.15) is 0 Å². The van der Waals surface area contributed by atoms with Crippen molar-refractivity contribution in [3.8, 4) is 22.0 Å². The molecular formula is C24H19N3O3S. The van der Waals surface area contributed by atoms with Crippen molar-refractivity contribution in [3.63, 3.8) is 0 Å². The third-order valence-electron chi connectivity index (χ3n) is 5.00. The molecule has 2 aromatic carbocycles. The summed E-state index contributed by atoms with van der Waals surface area (Å²) in [4.78, 5) is 17.4. The normalized spacial score (nSPS) is 11.2. The number of nitrogens with zero attached hydrogens (tertiary/aromatic N) is 2. The zero-order chi connectivity index (χ0) is 21.4. The van der Waals surface area contributed by atoms with Crippen LogP contribution >= 0.6 is 11.3 Å². The summed E-state index contributed by atoms with van der Waals surface area (Å²) in [7, 11) is 0. The van der Waals surface area contributed by atoms with E-state index in [9.17, 15) is 4.79 Å². The number of carbonyl (C=O) groups excluding carboxylic acids is 1. The number of carbonyl (C=O) groups is 1. The fourth-order valence-electron chi connectivity index (χ4n) is 3.33. The molecule has 0 saturated heterocycles. The quantitative estimate of drug-likeness (QED) is 0.384. The van der Waals surface area contributed by atoms with Crippen LogP contribution in [-0.4, -0.2) is 16.0 Å². The van der Waals surface area contributed by atoms with E-state index in [-0.39, 0.29) is 5.91 Å². The number of hydrogen-bond donors (Lipinski definition) is 1. The number of thiazole rings is 1. The minimum Gasteiger partial charge on any atom is -0.465 e. The van der Waals surface area contributed by atoms with Crippen LogP contribution in [0.1, 0.15) is 27.4 Å². The number of rotatable bonds is 5. The average molecular weight is 430 g/mol. The second-order valence-electron chi connectivity index (χ2n) is 7.34. The van der Waals surface area contributed by atoms with Crippen molar-refractivity contribution in [2.45, 2.75) is 20.4 Å². The molecule has 5 aromatic rings. The summed E-state index contributed by atoms with van der Waals surface area (Å²) in [5.41, 5.74) is 4.75. The molecule has 0 spiro atoms. The van der Waals surface area contributed by atoms with Gasteiger partial charge in [0.15, 0.2) is 5.58 Å². The fourth-order valence-corrected chi connectivity index (χ4v) is 4.14. The molecule has 6 nitrogen and oxygen atoms in total. The lowest BCUT2D eigenvalue weighted by molar-refractivity contribution is 0.0948. The Hall–Kier alpha value is -3.71. The second kappa shape index (κ2) is 7.85. The number of amides is 1. The molecule has 1 N–H and O–H groups in total. The molecule has 0 aliphatic carbocycles.